The lowest BCUT2D eigenvalue weighted by atomic mass is 9.86. The molecule has 0 aliphatic carbocycles. The lowest BCUT2D eigenvalue weighted by Crippen LogP contribution is -2.36. The zero-order valence-electron chi connectivity index (χ0n) is 16.7. The fourth-order valence-electron chi connectivity index (χ4n) is 3.07. The van der Waals surface area contributed by atoms with Gasteiger partial charge in [0.2, 0.25) is 0 Å². The van der Waals surface area contributed by atoms with E-state index < -0.39 is 30.2 Å². The Kier molecular flexibility index (Phi) is 8.35. The number of nitriles is 1. The van der Waals surface area contributed by atoms with Crippen LogP contribution in [0.1, 0.15) is 38.2 Å². The number of carbonyl (C=O) groups is 2. The maximum Gasteiger partial charge on any atom is 0.314 e. The third kappa shape index (κ3) is 6.15. The van der Waals surface area contributed by atoms with E-state index in [1.54, 1.807) is 0 Å². The first kappa shape index (κ1) is 22.1. The summed E-state index contributed by atoms with van der Waals surface area (Å²) in [5.41, 5.74) is 1.29. The normalized spacial score (nSPS) is 12.5. The van der Waals surface area contributed by atoms with Gasteiger partial charge in [0.1, 0.15) is 5.82 Å². The Bertz CT molecular complexity index is 847. The van der Waals surface area contributed by atoms with Gasteiger partial charge in [-0.1, -0.05) is 50.6 Å². The Labute approximate surface area is 170 Å². The number of benzene rings is 2. The number of hydrogen-bond acceptors (Lipinski definition) is 4. The SMILES string of the molecule is CCC(C)C(C(=O)OCC(=O)N(CCC#N)c1ccc(F)cc1)c1ccccc1. The highest BCUT2D eigenvalue weighted by molar-refractivity contribution is 5.95. The van der Waals surface area contributed by atoms with Crippen molar-refractivity contribution in [3.05, 3.63) is 66.0 Å². The zero-order valence-corrected chi connectivity index (χ0v) is 16.7. The van der Waals surface area contributed by atoms with Gasteiger partial charge in [0, 0.05) is 12.2 Å². The molecular formula is C23H25FN2O3. The van der Waals surface area contributed by atoms with Crippen molar-refractivity contribution in [3.8, 4) is 6.07 Å². The van der Waals surface area contributed by atoms with Crippen LogP contribution < -0.4 is 4.90 Å². The van der Waals surface area contributed by atoms with E-state index in [4.69, 9.17) is 10.00 Å². The van der Waals surface area contributed by atoms with Crippen molar-refractivity contribution >= 4 is 17.6 Å². The Balaban J connectivity index is 2.11. The average Bonchev–Trinajstić information content (AvgIpc) is 2.74. The van der Waals surface area contributed by atoms with Crippen LogP contribution in [-0.4, -0.2) is 25.0 Å². The molecule has 0 saturated heterocycles. The van der Waals surface area contributed by atoms with Crippen LogP contribution in [0.15, 0.2) is 54.6 Å². The summed E-state index contributed by atoms with van der Waals surface area (Å²) in [5.74, 6) is -1.76. The van der Waals surface area contributed by atoms with Gasteiger partial charge in [0.25, 0.3) is 5.91 Å². The number of rotatable bonds is 9. The number of anilines is 1. The van der Waals surface area contributed by atoms with E-state index in [1.165, 1.54) is 29.2 Å². The molecule has 2 rings (SSSR count). The van der Waals surface area contributed by atoms with Gasteiger partial charge in [0.05, 0.1) is 18.4 Å². The lowest BCUT2D eigenvalue weighted by Gasteiger charge is -2.24. The number of hydrogen-bond donors (Lipinski definition) is 0. The van der Waals surface area contributed by atoms with E-state index in [2.05, 4.69) is 0 Å². The Morgan fingerprint density at radius 3 is 2.38 bits per heavy atom. The van der Waals surface area contributed by atoms with E-state index in [9.17, 15) is 14.0 Å². The number of halogens is 1. The molecular weight excluding hydrogens is 371 g/mol. The van der Waals surface area contributed by atoms with Crippen LogP contribution in [0.2, 0.25) is 0 Å². The third-order valence-electron chi connectivity index (χ3n) is 4.85. The van der Waals surface area contributed by atoms with Gasteiger partial charge >= 0.3 is 5.97 Å². The minimum Gasteiger partial charge on any atom is -0.455 e. The molecule has 0 bridgehead atoms. The molecule has 29 heavy (non-hydrogen) atoms. The monoisotopic (exact) mass is 396 g/mol. The molecule has 2 unspecified atom stereocenters. The van der Waals surface area contributed by atoms with E-state index in [1.807, 2.05) is 50.2 Å². The van der Waals surface area contributed by atoms with Crippen molar-refractivity contribution < 1.29 is 18.7 Å². The van der Waals surface area contributed by atoms with E-state index in [0.717, 1.165) is 12.0 Å². The summed E-state index contributed by atoms with van der Waals surface area (Å²) >= 11 is 0. The second kappa shape index (κ2) is 11.0. The van der Waals surface area contributed by atoms with Crippen molar-refractivity contribution in [2.75, 3.05) is 18.1 Å². The van der Waals surface area contributed by atoms with Crippen molar-refractivity contribution in [2.45, 2.75) is 32.6 Å². The van der Waals surface area contributed by atoms with Crippen LogP contribution in [0.25, 0.3) is 0 Å². The van der Waals surface area contributed by atoms with E-state index in [0.29, 0.717) is 5.69 Å². The van der Waals surface area contributed by atoms with Gasteiger partial charge in [0.15, 0.2) is 6.61 Å². The Hall–Kier alpha value is -3.20. The van der Waals surface area contributed by atoms with Crippen molar-refractivity contribution in [3.63, 3.8) is 0 Å². The molecule has 0 heterocycles. The van der Waals surface area contributed by atoms with Crippen LogP contribution in [-0.2, 0) is 14.3 Å². The van der Waals surface area contributed by atoms with Crippen LogP contribution in [0.5, 0.6) is 0 Å². The van der Waals surface area contributed by atoms with Gasteiger partial charge < -0.3 is 9.64 Å². The highest BCUT2D eigenvalue weighted by Crippen LogP contribution is 2.28. The first-order chi connectivity index (χ1) is 14.0. The molecule has 152 valence electrons. The van der Waals surface area contributed by atoms with Gasteiger partial charge in [-0.15, -0.1) is 0 Å². The summed E-state index contributed by atoms with van der Waals surface area (Å²) in [6.45, 7) is 3.66. The molecule has 0 aliphatic heterocycles. The van der Waals surface area contributed by atoms with Gasteiger partial charge in [-0.2, -0.15) is 5.26 Å². The molecule has 0 radical (unpaired) electrons. The summed E-state index contributed by atoms with van der Waals surface area (Å²) in [6, 6.07) is 16.7. The summed E-state index contributed by atoms with van der Waals surface area (Å²) in [6.07, 6.45) is 0.892. The average molecular weight is 396 g/mol. The molecule has 2 atom stereocenters. The molecule has 2 aromatic carbocycles. The fourth-order valence-corrected chi connectivity index (χ4v) is 3.07. The topological polar surface area (TPSA) is 70.4 Å². The quantitative estimate of drug-likeness (QED) is 0.587. The highest BCUT2D eigenvalue weighted by atomic mass is 19.1. The van der Waals surface area contributed by atoms with Crippen molar-refractivity contribution in [1.29, 1.82) is 5.26 Å². The first-order valence-corrected chi connectivity index (χ1v) is 9.62. The molecule has 0 aromatic heterocycles. The molecule has 2 aromatic rings. The second-order valence-electron chi connectivity index (χ2n) is 6.81. The smallest absolute Gasteiger partial charge is 0.314 e. The first-order valence-electron chi connectivity index (χ1n) is 9.62. The number of ether oxygens (including phenoxy) is 1. The lowest BCUT2D eigenvalue weighted by molar-refractivity contribution is -0.150. The minimum atomic E-state index is -0.465. The predicted molar refractivity (Wildman–Crippen MR) is 109 cm³/mol. The molecule has 1 amide bonds. The van der Waals surface area contributed by atoms with Gasteiger partial charge in [-0.25, -0.2) is 4.39 Å². The molecule has 0 saturated carbocycles. The largest absolute Gasteiger partial charge is 0.455 e. The summed E-state index contributed by atoms with van der Waals surface area (Å²) in [5, 5.41) is 8.86. The van der Waals surface area contributed by atoms with Crippen molar-refractivity contribution in [2.24, 2.45) is 5.92 Å². The highest BCUT2D eigenvalue weighted by Gasteiger charge is 2.28. The summed E-state index contributed by atoms with van der Waals surface area (Å²) in [4.78, 5) is 26.8. The summed E-state index contributed by atoms with van der Waals surface area (Å²) in [7, 11) is 0. The van der Waals surface area contributed by atoms with Gasteiger partial charge in [-0.3, -0.25) is 9.59 Å². The van der Waals surface area contributed by atoms with Gasteiger partial charge in [-0.05, 0) is 35.7 Å². The number of nitrogens with zero attached hydrogens (tertiary/aromatic N) is 2. The second-order valence-corrected chi connectivity index (χ2v) is 6.81. The van der Waals surface area contributed by atoms with Crippen LogP contribution in [0, 0.1) is 23.1 Å². The molecule has 0 N–H and O–H groups in total. The molecule has 0 spiro atoms. The fraction of sp³-hybridized carbons (Fsp3) is 0.348. The number of carbonyl (C=O) groups excluding carboxylic acids is 2. The van der Waals surface area contributed by atoms with E-state index in [-0.39, 0.29) is 18.9 Å². The van der Waals surface area contributed by atoms with Crippen LogP contribution in [0.4, 0.5) is 10.1 Å². The Morgan fingerprint density at radius 1 is 1.14 bits per heavy atom. The van der Waals surface area contributed by atoms with Crippen molar-refractivity contribution in [1.82, 2.24) is 0 Å². The Morgan fingerprint density at radius 2 is 1.79 bits per heavy atom. The minimum absolute atomic E-state index is 0.0480. The summed E-state index contributed by atoms with van der Waals surface area (Å²) < 4.78 is 18.6. The number of esters is 1. The maximum absolute atomic E-state index is 13.2. The van der Waals surface area contributed by atoms with Crippen LogP contribution >= 0.6 is 0 Å². The molecule has 5 nitrogen and oxygen atoms in total. The standard InChI is InChI=1S/C23H25FN2O3/c1-3-17(2)22(18-8-5-4-6-9-18)23(28)29-16-21(27)26(15-7-14-25)20-12-10-19(24)11-13-20/h4-6,8-13,17,22H,3,7,15-16H2,1-2H3. The molecule has 0 aliphatic rings. The predicted octanol–water partition coefficient (Wildman–Crippen LogP) is 4.45. The van der Waals surface area contributed by atoms with Crippen LogP contribution in [0.3, 0.4) is 0 Å². The zero-order chi connectivity index (χ0) is 21.2. The number of amides is 1. The maximum atomic E-state index is 13.2. The third-order valence-corrected chi connectivity index (χ3v) is 4.85. The molecule has 0 fully saturated rings. The molecule has 6 heteroatoms. The van der Waals surface area contributed by atoms with E-state index >= 15 is 0 Å².